The van der Waals surface area contributed by atoms with Crippen molar-refractivity contribution in [3.8, 4) is 11.1 Å². The molecule has 2 aliphatic rings. The standard InChI is InChI=1S/C28H33NO4/c1-20(16-27(31)32)23-17-24(19-26(30)29-12-14-33-15-13-29)28(22-10-6-3-7-11-22)25(18-23)21-8-4-2-5-9-21/h3,6-7,10-11,16-18,21H,2,4-5,8-9,12-15,19H2,1H3,(H,31,32)/b20-16+. The lowest BCUT2D eigenvalue weighted by molar-refractivity contribution is -0.134. The third kappa shape index (κ3) is 5.72. The van der Waals surface area contributed by atoms with Gasteiger partial charge in [-0.2, -0.15) is 0 Å². The van der Waals surface area contributed by atoms with Crippen molar-refractivity contribution in [1.29, 1.82) is 0 Å². The Balaban J connectivity index is 1.84. The zero-order chi connectivity index (χ0) is 23.2. The molecule has 1 heterocycles. The van der Waals surface area contributed by atoms with E-state index in [1.807, 2.05) is 36.1 Å². The molecule has 2 aromatic rings. The summed E-state index contributed by atoms with van der Waals surface area (Å²) in [4.78, 5) is 26.5. The number of carboxylic acids is 1. The maximum Gasteiger partial charge on any atom is 0.328 e. The van der Waals surface area contributed by atoms with Crippen LogP contribution in [0.1, 0.15) is 61.6 Å². The van der Waals surface area contributed by atoms with Gasteiger partial charge in [0.1, 0.15) is 0 Å². The highest BCUT2D eigenvalue weighted by Gasteiger charge is 2.25. The minimum atomic E-state index is -0.954. The van der Waals surface area contributed by atoms with Gasteiger partial charge in [-0.15, -0.1) is 0 Å². The molecule has 2 aromatic carbocycles. The molecule has 1 saturated heterocycles. The van der Waals surface area contributed by atoms with Crippen molar-refractivity contribution >= 4 is 17.4 Å². The summed E-state index contributed by atoms with van der Waals surface area (Å²) < 4.78 is 5.42. The second kappa shape index (κ2) is 10.8. The molecule has 0 spiro atoms. The van der Waals surface area contributed by atoms with Crippen molar-refractivity contribution in [2.75, 3.05) is 26.3 Å². The van der Waals surface area contributed by atoms with Crippen LogP contribution in [0.2, 0.25) is 0 Å². The zero-order valence-electron chi connectivity index (χ0n) is 19.4. The first-order valence-electron chi connectivity index (χ1n) is 12.0. The SMILES string of the molecule is C/C(=C\C(=O)O)c1cc(CC(=O)N2CCOCC2)c(-c2ccccc2)c(C2CCCCC2)c1. The lowest BCUT2D eigenvalue weighted by atomic mass is 9.77. The largest absolute Gasteiger partial charge is 0.478 e. The quantitative estimate of drug-likeness (QED) is 0.611. The fourth-order valence-corrected chi connectivity index (χ4v) is 5.14. The number of carboxylic acid groups (broad SMARTS) is 1. The van der Waals surface area contributed by atoms with Crippen LogP contribution in [0.15, 0.2) is 48.5 Å². The molecular weight excluding hydrogens is 414 g/mol. The van der Waals surface area contributed by atoms with Gasteiger partial charge in [-0.3, -0.25) is 4.79 Å². The van der Waals surface area contributed by atoms with Crippen LogP contribution in [0.3, 0.4) is 0 Å². The van der Waals surface area contributed by atoms with E-state index in [-0.39, 0.29) is 5.91 Å². The monoisotopic (exact) mass is 447 g/mol. The molecular formula is C28H33NO4. The summed E-state index contributed by atoms with van der Waals surface area (Å²) in [6, 6.07) is 14.5. The first-order chi connectivity index (χ1) is 16.0. The van der Waals surface area contributed by atoms with Crippen molar-refractivity contribution in [3.63, 3.8) is 0 Å². The lowest BCUT2D eigenvalue weighted by Crippen LogP contribution is -2.41. The Hall–Kier alpha value is -2.92. The molecule has 0 atom stereocenters. The van der Waals surface area contributed by atoms with E-state index < -0.39 is 5.97 Å². The molecule has 174 valence electrons. The highest BCUT2D eigenvalue weighted by atomic mass is 16.5. The van der Waals surface area contributed by atoms with Crippen LogP contribution < -0.4 is 0 Å². The van der Waals surface area contributed by atoms with E-state index in [4.69, 9.17) is 4.74 Å². The average molecular weight is 448 g/mol. The Morgan fingerprint density at radius 3 is 2.42 bits per heavy atom. The van der Waals surface area contributed by atoms with Crippen LogP contribution >= 0.6 is 0 Å². The summed E-state index contributed by atoms with van der Waals surface area (Å²) in [5.74, 6) is -0.435. The van der Waals surface area contributed by atoms with Crippen LogP contribution in [-0.4, -0.2) is 48.2 Å². The molecule has 2 fully saturated rings. The Bertz CT molecular complexity index is 1020. The van der Waals surface area contributed by atoms with Crippen LogP contribution in [0.4, 0.5) is 0 Å². The van der Waals surface area contributed by atoms with Gasteiger partial charge in [0.25, 0.3) is 0 Å². The van der Waals surface area contributed by atoms with Gasteiger partial charge in [0.2, 0.25) is 5.91 Å². The van der Waals surface area contributed by atoms with Gasteiger partial charge in [-0.05, 0) is 59.1 Å². The third-order valence-corrected chi connectivity index (χ3v) is 6.86. The summed E-state index contributed by atoms with van der Waals surface area (Å²) in [6.07, 6.45) is 7.49. The molecule has 5 nitrogen and oxygen atoms in total. The van der Waals surface area contributed by atoms with E-state index >= 15 is 0 Å². The minimum absolute atomic E-state index is 0.0992. The number of nitrogens with zero attached hydrogens (tertiary/aromatic N) is 1. The van der Waals surface area contributed by atoms with E-state index in [9.17, 15) is 14.7 Å². The Labute approximate surface area is 196 Å². The van der Waals surface area contributed by atoms with E-state index in [2.05, 4.69) is 18.2 Å². The normalized spacial score (nSPS) is 17.7. The van der Waals surface area contributed by atoms with Gasteiger partial charge in [0, 0.05) is 19.2 Å². The first-order valence-corrected chi connectivity index (χ1v) is 12.0. The van der Waals surface area contributed by atoms with Crippen LogP contribution in [-0.2, 0) is 20.7 Å². The maximum atomic E-state index is 13.3. The second-order valence-electron chi connectivity index (χ2n) is 9.14. The molecule has 1 saturated carbocycles. The predicted molar refractivity (Wildman–Crippen MR) is 130 cm³/mol. The van der Waals surface area contributed by atoms with Gasteiger partial charge in [0.15, 0.2) is 0 Å². The van der Waals surface area contributed by atoms with Gasteiger partial charge in [-0.1, -0.05) is 61.7 Å². The molecule has 0 unspecified atom stereocenters. The summed E-state index contributed by atoms with van der Waals surface area (Å²) in [6.45, 7) is 4.22. The van der Waals surface area contributed by atoms with Crippen molar-refractivity contribution in [1.82, 2.24) is 4.90 Å². The highest BCUT2D eigenvalue weighted by molar-refractivity contribution is 5.91. The molecule has 0 bridgehead atoms. The minimum Gasteiger partial charge on any atom is -0.478 e. The summed E-state index contributed by atoms with van der Waals surface area (Å²) in [5, 5.41) is 9.33. The van der Waals surface area contributed by atoms with Crippen molar-refractivity contribution in [2.45, 2.75) is 51.4 Å². The van der Waals surface area contributed by atoms with Crippen molar-refractivity contribution < 1.29 is 19.4 Å². The number of rotatable bonds is 6. The number of hydrogen-bond acceptors (Lipinski definition) is 3. The van der Waals surface area contributed by atoms with Gasteiger partial charge in [-0.25, -0.2) is 4.79 Å². The molecule has 4 rings (SSSR count). The highest BCUT2D eigenvalue weighted by Crippen LogP contribution is 2.41. The number of benzene rings is 2. The summed E-state index contributed by atoms with van der Waals surface area (Å²) >= 11 is 0. The van der Waals surface area contributed by atoms with E-state index in [1.54, 1.807) is 0 Å². The Morgan fingerprint density at radius 1 is 1.06 bits per heavy atom. The van der Waals surface area contributed by atoms with Crippen molar-refractivity contribution in [3.05, 3.63) is 65.2 Å². The van der Waals surface area contributed by atoms with E-state index in [0.717, 1.165) is 35.1 Å². The number of aliphatic carboxylic acids is 1. The van der Waals surface area contributed by atoms with Gasteiger partial charge >= 0.3 is 5.97 Å². The average Bonchev–Trinajstić information content (AvgIpc) is 2.84. The molecule has 33 heavy (non-hydrogen) atoms. The fraction of sp³-hybridized carbons (Fsp3) is 0.429. The second-order valence-corrected chi connectivity index (χ2v) is 9.14. The number of morpholine rings is 1. The summed E-state index contributed by atoms with van der Waals surface area (Å²) in [7, 11) is 0. The van der Waals surface area contributed by atoms with Gasteiger partial charge < -0.3 is 14.7 Å². The van der Waals surface area contributed by atoms with E-state index in [1.165, 1.54) is 30.9 Å². The van der Waals surface area contributed by atoms with Crippen LogP contribution in [0.5, 0.6) is 0 Å². The number of allylic oxidation sites excluding steroid dienone is 1. The molecule has 0 radical (unpaired) electrons. The van der Waals surface area contributed by atoms with Crippen LogP contribution in [0, 0.1) is 0 Å². The first kappa shape index (κ1) is 23.2. The van der Waals surface area contributed by atoms with Crippen molar-refractivity contribution in [2.24, 2.45) is 0 Å². The third-order valence-electron chi connectivity index (χ3n) is 6.86. The fourth-order valence-electron chi connectivity index (χ4n) is 5.14. The molecule has 1 amide bonds. The molecule has 1 N–H and O–H groups in total. The smallest absolute Gasteiger partial charge is 0.328 e. The maximum absolute atomic E-state index is 13.3. The topological polar surface area (TPSA) is 66.8 Å². The molecule has 0 aromatic heterocycles. The number of hydrogen-bond donors (Lipinski definition) is 1. The number of amides is 1. The lowest BCUT2D eigenvalue weighted by Gasteiger charge is -2.29. The Morgan fingerprint density at radius 2 is 1.76 bits per heavy atom. The Kier molecular flexibility index (Phi) is 7.61. The number of carbonyl (C=O) groups is 2. The molecule has 1 aliphatic heterocycles. The molecule has 1 aliphatic carbocycles. The van der Waals surface area contributed by atoms with Crippen LogP contribution in [0.25, 0.3) is 16.7 Å². The van der Waals surface area contributed by atoms with Gasteiger partial charge in [0.05, 0.1) is 19.6 Å². The van der Waals surface area contributed by atoms with E-state index in [0.29, 0.717) is 44.2 Å². The summed E-state index contributed by atoms with van der Waals surface area (Å²) in [5.41, 5.74) is 6.10. The zero-order valence-corrected chi connectivity index (χ0v) is 19.4. The predicted octanol–water partition coefficient (Wildman–Crippen LogP) is 5.29. The number of ether oxygens (including phenoxy) is 1. The number of carbonyl (C=O) groups excluding carboxylic acids is 1. The molecule has 5 heteroatoms.